The molecule has 0 bridgehead atoms. The van der Waals surface area contributed by atoms with E-state index in [-0.39, 0.29) is 5.78 Å². The van der Waals surface area contributed by atoms with Gasteiger partial charge in [-0.15, -0.1) is 11.3 Å². The van der Waals surface area contributed by atoms with Crippen molar-refractivity contribution in [3.8, 4) is 17.2 Å². The third kappa shape index (κ3) is 2.95. The second-order valence-electron chi connectivity index (χ2n) is 6.09. The van der Waals surface area contributed by atoms with E-state index in [0.29, 0.717) is 34.5 Å². The van der Waals surface area contributed by atoms with Crippen LogP contribution in [0.1, 0.15) is 22.5 Å². The predicted octanol–water partition coefficient (Wildman–Crippen LogP) is 3.16. The van der Waals surface area contributed by atoms with Crippen LogP contribution in [-0.4, -0.2) is 50.2 Å². The quantitative estimate of drug-likeness (QED) is 0.604. The first-order valence-electron chi connectivity index (χ1n) is 8.51. The average Bonchev–Trinajstić information content (AvgIpc) is 3.12. The predicted molar refractivity (Wildman–Crippen MR) is 104 cm³/mol. The molecule has 7 nitrogen and oxygen atoms in total. The summed E-state index contributed by atoms with van der Waals surface area (Å²) < 4.78 is 16.9. The molecule has 0 unspecified atom stereocenters. The van der Waals surface area contributed by atoms with Gasteiger partial charge >= 0.3 is 0 Å². The van der Waals surface area contributed by atoms with Gasteiger partial charge in [-0.2, -0.15) is 0 Å². The molecule has 2 aromatic heterocycles. The Labute approximate surface area is 160 Å². The van der Waals surface area contributed by atoms with Gasteiger partial charge in [0.1, 0.15) is 5.69 Å². The van der Waals surface area contributed by atoms with E-state index < -0.39 is 0 Å². The Balaban J connectivity index is 1.84. The van der Waals surface area contributed by atoms with Crippen LogP contribution in [0.25, 0.3) is 10.2 Å². The van der Waals surface area contributed by atoms with E-state index in [2.05, 4.69) is 14.9 Å². The molecule has 1 aliphatic rings. The van der Waals surface area contributed by atoms with Crippen LogP contribution in [0.3, 0.4) is 0 Å². The van der Waals surface area contributed by atoms with Crippen LogP contribution < -0.4 is 19.1 Å². The molecule has 0 N–H and O–H groups in total. The molecule has 27 heavy (non-hydrogen) atoms. The molecule has 1 fully saturated rings. The first-order valence-corrected chi connectivity index (χ1v) is 9.39. The van der Waals surface area contributed by atoms with Crippen molar-refractivity contribution in [3.63, 3.8) is 0 Å². The van der Waals surface area contributed by atoms with Crippen LogP contribution in [0.5, 0.6) is 17.2 Å². The van der Waals surface area contributed by atoms with Gasteiger partial charge in [-0.3, -0.25) is 4.79 Å². The fourth-order valence-corrected chi connectivity index (χ4v) is 3.83. The molecule has 3 aromatic rings. The van der Waals surface area contributed by atoms with E-state index in [9.17, 15) is 4.79 Å². The van der Waals surface area contributed by atoms with Crippen molar-refractivity contribution in [3.05, 3.63) is 34.8 Å². The lowest BCUT2D eigenvalue weighted by atomic mass is 10.1. The second kappa shape index (κ2) is 7.03. The fraction of sp³-hybridized carbons (Fsp3) is 0.316. The molecule has 1 saturated heterocycles. The zero-order chi connectivity index (χ0) is 19.0. The van der Waals surface area contributed by atoms with Gasteiger partial charge in [0.15, 0.2) is 11.5 Å². The van der Waals surface area contributed by atoms with E-state index in [1.807, 2.05) is 11.4 Å². The van der Waals surface area contributed by atoms with Crippen LogP contribution in [0, 0.1) is 0 Å². The minimum atomic E-state index is -0.203. The van der Waals surface area contributed by atoms with Crippen LogP contribution in [0.2, 0.25) is 0 Å². The normalized spacial score (nSPS) is 13.4. The van der Waals surface area contributed by atoms with E-state index in [0.717, 1.165) is 29.7 Å². The average molecular weight is 385 g/mol. The van der Waals surface area contributed by atoms with Crippen molar-refractivity contribution in [2.24, 2.45) is 0 Å². The standard InChI is InChI=1S/C19H19N3O4S/c1-24-13-9-11(10-14(25-2)17(13)26-3)16(23)15-18-12(5-8-27-18)20-19(21-15)22-6-4-7-22/h5,8-10H,4,6-7H2,1-3H3. The van der Waals surface area contributed by atoms with Crippen molar-refractivity contribution in [2.45, 2.75) is 6.42 Å². The third-order valence-electron chi connectivity index (χ3n) is 4.57. The van der Waals surface area contributed by atoms with E-state index >= 15 is 0 Å². The van der Waals surface area contributed by atoms with E-state index in [4.69, 9.17) is 14.2 Å². The molecule has 0 spiro atoms. The number of hydrogen-bond donors (Lipinski definition) is 0. The molecule has 0 aliphatic carbocycles. The van der Waals surface area contributed by atoms with Gasteiger partial charge in [0.2, 0.25) is 17.5 Å². The van der Waals surface area contributed by atoms with Crippen LogP contribution in [0.15, 0.2) is 23.6 Å². The van der Waals surface area contributed by atoms with Crippen molar-refractivity contribution in [2.75, 3.05) is 39.3 Å². The lowest BCUT2D eigenvalue weighted by molar-refractivity contribution is 0.103. The number of rotatable bonds is 6. The number of ether oxygens (including phenoxy) is 3. The molecule has 8 heteroatoms. The number of thiophene rings is 1. The number of nitrogens with zero attached hydrogens (tertiary/aromatic N) is 3. The van der Waals surface area contributed by atoms with E-state index in [1.165, 1.54) is 32.7 Å². The summed E-state index contributed by atoms with van der Waals surface area (Å²) in [4.78, 5) is 24.6. The number of hydrogen-bond acceptors (Lipinski definition) is 8. The van der Waals surface area contributed by atoms with Crippen molar-refractivity contribution >= 4 is 33.3 Å². The summed E-state index contributed by atoms with van der Waals surface area (Å²) >= 11 is 1.46. The monoisotopic (exact) mass is 385 g/mol. The summed E-state index contributed by atoms with van der Waals surface area (Å²) in [6, 6.07) is 5.21. The summed E-state index contributed by atoms with van der Waals surface area (Å²) in [5.74, 6) is 1.70. The summed E-state index contributed by atoms with van der Waals surface area (Å²) in [6.07, 6.45) is 1.11. The van der Waals surface area contributed by atoms with Gasteiger partial charge < -0.3 is 19.1 Å². The number of carbonyl (C=O) groups is 1. The number of aromatic nitrogens is 2. The Bertz CT molecular complexity index is 988. The minimum Gasteiger partial charge on any atom is -0.493 e. The maximum absolute atomic E-state index is 13.3. The molecule has 3 heterocycles. The molecular weight excluding hydrogens is 366 g/mol. The van der Waals surface area contributed by atoms with Gasteiger partial charge in [-0.1, -0.05) is 0 Å². The number of benzene rings is 1. The lowest BCUT2D eigenvalue weighted by Gasteiger charge is -2.31. The van der Waals surface area contributed by atoms with Gasteiger partial charge in [-0.25, -0.2) is 9.97 Å². The fourth-order valence-electron chi connectivity index (χ4n) is 3.01. The number of carbonyl (C=O) groups excluding carboxylic acids is 1. The molecule has 0 radical (unpaired) electrons. The number of methoxy groups -OCH3 is 3. The Morgan fingerprint density at radius 2 is 1.78 bits per heavy atom. The highest BCUT2D eigenvalue weighted by Gasteiger charge is 2.25. The van der Waals surface area contributed by atoms with Crippen molar-refractivity contribution in [1.29, 1.82) is 0 Å². The largest absolute Gasteiger partial charge is 0.493 e. The molecule has 1 aliphatic heterocycles. The van der Waals surface area contributed by atoms with Gasteiger partial charge in [0.05, 0.1) is 31.5 Å². The highest BCUT2D eigenvalue weighted by atomic mass is 32.1. The van der Waals surface area contributed by atoms with Crippen LogP contribution >= 0.6 is 11.3 Å². The topological polar surface area (TPSA) is 73.8 Å². The zero-order valence-electron chi connectivity index (χ0n) is 15.3. The van der Waals surface area contributed by atoms with Gasteiger partial charge in [0.25, 0.3) is 0 Å². The summed E-state index contributed by atoms with van der Waals surface area (Å²) in [5, 5.41) is 1.92. The van der Waals surface area contributed by atoms with E-state index in [1.54, 1.807) is 12.1 Å². The molecule has 0 saturated carbocycles. The minimum absolute atomic E-state index is 0.203. The summed E-state index contributed by atoms with van der Waals surface area (Å²) in [5.41, 5.74) is 1.60. The Morgan fingerprint density at radius 3 is 2.33 bits per heavy atom. The maximum atomic E-state index is 13.3. The first-order chi connectivity index (χ1) is 13.2. The lowest BCUT2D eigenvalue weighted by Crippen LogP contribution is -2.38. The molecule has 140 valence electrons. The second-order valence-corrected chi connectivity index (χ2v) is 7.01. The van der Waals surface area contributed by atoms with Crippen molar-refractivity contribution in [1.82, 2.24) is 9.97 Å². The Kier molecular flexibility index (Phi) is 4.57. The smallest absolute Gasteiger partial charge is 0.226 e. The number of anilines is 1. The number of ketones is 1. The molecule has 4 rings (SSSR count). The first kappa shape index (κ1) is 17.5. The van der Waals surface area contributed by atoms with Crippen molar-refractivity contribution < 1.29 is 19.0 Å². The molecule has 0 amide bonds. The maximum Gasteiger partial charge on any atom is 0.226 e. The Morgan fingerprint density at radius 1 is 1.07 bits per heavy atom. The summed E-state index contributed by atoms with van der Waals surface area (Å²) in [7, 11) is 4.58. The highest BCUT2D eigenvalue weighted by Crippen LogP contribution is 2.39. The molecular formula is C19H19N3O4S. The zero-order valence-corrected chi connectivity index (χ0v) is 16.1. The van der Waals surface area contributed by atoms with Gasteiger partial charge in [-0.05, 0) is 30.0 Å². The highest BCUT2D eigenvalue weighted by molar-refractivity contribution is 7.17. The Hall–Kier alpha value is -2.87. The van der Waals surface area contributed by atoms with Crippen LogP contribution in [-0.2, 0) is 0 Å². The van der Waals surface area contributed by atoms with Crippen LogP contribution in [0.4, 0.5) is 5.95 Å². The van der Waals surface area contributed by atoms with Gasteiger partial charge in [0, 0.05) is 18.7 Å². The third-order valence-corrected chi connectivity index (χ3v) is 5.48. The summed E-state index contributed by atoms with van der Waals surface area (Å²) in [6.45, 7) is 1.82. The SMILES string of the molecule is COc1cc(C(=O)c2nc(N3CCC3)nc3ccsc23)cc(OC)c1OC. The molecule has 1 aromatic carbocycles. The number of fused-ring (bicyclic) bond motifs is 1. The molecule has 0 atom stereocenters.